The van der Waals surface area contributed by atoms with Crippen LogP contribution in [0.1, 0.15) is 28.0 Å². The molecule has 6 N–H and O–H groups in total. The highest BCUT2D eigenvalue weighted by atomic mass is 32.1. The lowest BCUT2D eigenvalue weighted by molar-refractivity contribution is 0.00446. The SMILES string of the molecule is Cc1nc(NCc2cccc(C(=O)O)c2)nc(N[C@@H]2C[C@H](CO)[C@@H](O)[C@H]2O)c1-c1nc2ccccc2s1. The summed E-state index contributed by atoms with van der Waals surface area (Å²) in [5, 5.41) is 46.9. The Balaban J connectivity index is 1.49. The fourth-order valence-electron chi connectivity index (χ4n) is 4.61. The molecule has 0 spiro atoms. The van der Waals surface area contributed by atoms with Gasteiger partial charge < -0.3 is 31.1 Å². The molecule has 2 aromatic carbocycles. The molecular weight excluding hydrogens is 494 g/mol. The highest BCUT2D eigenvalue weighted by molar-refractivity contribution is 7.21. The van der Waals surface area contributed by atoms with Crippen LogP contribution in [0.2, 0.25) is 0 Å². The van der Waals surface area contributed by atoms with E-state index in [1.165, 1.54) is 17.4 Å². The number of rotatable bonds is 8. The van der Waals surface area contributed by atoms with Crippen molar-refractivity contribution in [3.8, 4) is 10.6 Å². The van der Waals surface area contributed by atoms with Gasteiger partial charge in [0.1, 0.15) is 16.9 Å². The quantitative estimate of drug-likeness (QED) is 0.203. The second kappa shape index (κ2) is 10.4. The van der Waals surface area contributed by atoms with Gasteiger partial charge in [-0.05, 0) is 43.2 Å². The van der Waals surface area contributed by atoms with Crippen molar-refractivity contribution in [2.24, 2.45) is 5.92 Å². The van der Waals surface area contributed by atoms with Crippen LogP contribution in [-0.2, 0) is 6.54 Å². The van der Waals surface area contributed by atoms with Crippen molar-refractivity contribution in [2.45, 2.75) is 38.1 Å². The number of carbonyl (C=O) groups is 1. The van der Waals surface area contributed by atoms with Crippen molar-refractivity contribution >= 4 is 39.3 Å². The van der Waals surface area contributed by atoms with Gasteiger partial charge in [-0.2, -0.15) is 4.98 Å². The topological polar surface area (TPSA) is 161 Å². The number of benzene rings is 2. The van der Waals surface area contributed by atoms with Crippen LogP contribution in [0.5, 0.6) is 0 Å². The third-order valence-electron chi connectivity index (χ3n) is 6.58. The molecule has 0 radical (unpaired) electrons. The van der Waals surface area contributed by atoms with Gasteiger partial charge in [-0.3, -0.25) is 0 Å². The van der Waals surface area contributed by atoms with Gasteiger partial charge in [-0.1, -0.05) is 24.3 Å². The van der Waals surface area contributed by atoms with E-state index in [9.17, 15) is 25.2 Å². The number of aryl methyl sites for hydroxylation is 1. The summed E-state index contributed by atoms with van der Waals surface area (Å²) in [6.07, 6.45) is -1.76. The van der Waals surface area contributed by atoms with E-state index >= 15 is 0 Å². The maximum atomic E-state index is 11.3. The molecular formula is C26H27N5O5S. The summed E-state index contributed by atoms with van der Waals surface area (Å²) < 4.78 is 1.01. The third-order valence-corrected chi connectivity index (χ3v) is 7.63. The smallest absolute Gasteiger partial charge is 0.335 e. The molecule has 192 valence electrons. The van der Waals surface area contributed by atoms with Gasteiger partial charge in [-0.15, -0.1) is 11.3 Å². The molecule has 10 nitrogen and oxygen atoms in total. The first-order chi connectivity index (χ1) is 17.8. The molecule has 4 atom stereocenters. The van der Waals surface area contributed by atoms with Gasteiger partial charge in [0.05, 0.1) is 39.2 Å². The summed E-state index contributed by atoms with van der Waals surface area (Å²) in [6.45, 7) is 1.92. The van der Waals surface area contributed by atoms with Gasteiger partial charge >= 0.3 is 5.97 Å². The molecule has 0 amide bonds. The molecule has 37 heavy (non-hydrogen) atoms. The average Bonchev–Trinajstić information content (AvgIpc) is 3.43. The average molecular weight is 522 g/mol. The second-order valence-electron chi connectivity index (χ2n) is 9.11. The van der Waals surface area contributed by atoms with Gasteiger partial charge in [0.2, 0.25) is 5.95 Å². The van der Waals surface area contributed by atoms with E-state index in [1.807, 2.05) is 37.3 Å². The molecule has 0 aliphatic heterocycles. The highest BCUT2D eigenvalue weighted by Gasteiger charge is 2.41. The highest BCUT2D eigenvalue weighted by Crippen LogP contribution is 2.38. The zero-order chi connectivity index (χ0) is 26.1. The van der Waals surface area contributed by atoms with Crippen LogP contribution < -0.4 is 10.6 Å². The van der Waals surface area contributed by atoms with Crippen molar-refractivity contribution < 1.29 is 25.2 Å². The number of aromatic nitrogens is 3. The Kier molecular flexibility index (Phi) is 7.02. The fourth-order valence-corrected chi connectivity index (χ4v) is 5.67. The predicted molar refractivity (Wildman–Crippen MR) is 141 cm³/mol. The molecule has 1 aliphatic rings. The summed E-state index contributed by atoms with van der Waals surface area (Å²) in [5.41, 5.74) is 3.15. The summed E-state index contributed by atoms with van der Waals surface area (Å²) >= 11 is 1.50. The van der Waals surface area contributed by atoms with Gasteiger partial charge in [0, 0.05) is 19.1 Å². The predicted octanol–water partition coefficient (Wildman–Crippen LogP) is 2.89. The number of fused-ring (bicyclic) bond motifs is 1. The van der Waals surface area contributed by atoms with E-state index in [2.05, 4.69) is 20.6 Å². The van der Waals surface area contributed by atoms with Crippen molar-refractivity contribution in [3.63, 3.8) is 0 Å². The minimum atomic E-state index is -1.08. The van der Waals surface area contributed by atoms with Crippen molar-refractivity contribution in [1.29, 1.82) is 0 Å². The number of nitrogens with one attached hydrogen (secondary N) is 2. The van der Waals surface area contributed by atoms with E-state index in [4.69, 9.17) is 4.98 Å². The number of para-hydroxylation sites is 1. The van der Waals surface area contributed by atoms with Crippen LogP contribution in [0.15, 0.2) is 48.5 Å². The summed E-state index contributed by atoms with van der Waals surface area (Å²) in [6, 6.07) is 13.9. The largest absolute Gasteiger partial charge is 0.478 e. The summed E-state index contributed by atoms with van der Waals surface area (Å²) in [7, 11) is 0. The third kappa shape index (κ3) is 5.12. The van der Waals surface area contributed by atoms with E-state index in [0.29, 0.717) is 41.0 Å². The molecule has 2 aromatic heterocycles. The number of aliphatic hydroxyl groups is 3. The molecule has 0 saturated heterocycles. The van der Waals surface area contributed by atoms with Crippen molar-refractivity contribution in [3.05, 3.63) is 65.4 Å². The summed E-state index contributed by atoms with van der Waals surface area (Å²) in [5.74, 6) is -0.680. The lowest BCUT2D eigenvalue weighted by atomic mass is 10.1. The normalized spacial score (nSPS) is 21.3. The lowest BCUT2D eigenvalue weighted by Gasteiger charge is -2.21. The number of anilines is 2. The number of thiazole rings is 1. The van der Waals surface area contributed by atoms with Crippen molar-refractivity contribution in [1.82, 2.24) is 15.0 Å². The first-order valence-electron chi connectivity index (χ1n) is 11.9. The Bertz CT molecular complexity index is 1410. The Labute approximate surface area is 216 Å². The van der Waals surface area contributed by atoms with Crippen LogP contribution >= 0.6 is 11.3 Å². The van der Waals surface area contributed by atoms with Crippen LogP contribution in [0.25, 0.3) is 20.8 Å². The first-order valence-corrected chi connectivity index (χ1v) is 12.7. The number of aromatic carboxylic acids is 1. The number of carboxylic acid groups (broad SMARTS) is 1. The molecule has 1 aliphatic carbocycles. The second-order valence-corrected chi connectivity index (χ2v) is 10.1. The minimum Gasteiger partial charge on any atom is -0.478 e. The lowest BCUT2D eigenvalue weighted by Crippen LogP contribution is -2.35. The van der Waals surface area contributed by atoms with Gasteiger partial charge in [-0.25, -0.2) is 14.8 Å². The van der Waals surface area contributed by atoms with Gasteiger partial charge in [0.25, 0.3) is 0 Å². The molecule has 0 bridgehead atoms. The Morgan fingerprint density at radius 1 is 1.08 bits per heavy atom. The maximum absolute atomic E-state index is 11.3. The summed E-state index contributed by atoms with van der Waals surface area (Å²) in [4.78, 5) is 25.4. The zero-order valence-electron chi connectivity index (χ0n) is 20.0. The fraction of sp³-hybridized carbons (Fsp3) is 0.308. The number of hydrogen-bond acceptors (Lipinski definition) is 10. The number of nitrogens with zero attached hydrogens (tertiary/aromatic N) is 3. The number of hydrogen-bond donors (Lipinski definition) is 6. The molecule has 0 unspecified atom stereocenters. The standard InChI is InChI=1S/C26H27N5O5S/c1-13-20(24-30-17-7-2-3-8-19(17)37-24)23(29-18-10-16(12-32)21(33)22(18)34)31-26(28-13)27-11-14-5-4-6-15(9-14)25(35)36/h2-9,16,18,21-22,32-34H,10-12H2,1H3,(H,35,36)(H2,27,28,29,31)/t16-,18-,21-,22+/m1/s1. The Hall–Kier alpha value is -3.64. The molecule has 1 saturated carbocycles. The Morgan fingerprint density at radius 2 is 1.89 bits per heavy atom. The van der Waals surface area contributed by atoms with E-state index in [0.717, 1.165) is 15.8 Å². The minimum absolute atomic E-state index is 0.192. The molecule has 5 rings (SSSR count). The molecule has 11 heteroatoms. The van der Waals surface area contributed by atoms with Crippen LogP contribution in [0, 0.1) is 12.8 Å². The van der Waals surface area contributed by atoms with E-state index < -0.39 is 30.1 Å². The first kappa shape index (κ1) is 25.0. The number of aliphatic hydroxyl groups excluding tert-OH is 3. The zero-order valence-corrected chi connectivity index (χ0v) is 20.8. The van der Waals surface area contributed by atoms with Crippen molar-refractivity contribution in [2.75, 3.05) is 17.2 Å². The van der Waals surface area contributed by atoms with E-state index in [1.54, 1.807) is 12.1 Å². The number of carboxylic acids is 1. The maximum Gasteiger partial charge on any atom is 0.335 e. The Morgan fingerprint density at radius 3 is 2.62 bits per heavy atom. The molecule has 1 fully saturated rings. The monoisotopic (exact) mass is 521 g/mol. The molecule has 4 aromatic rings. The van der Waals surface area contributed by atoms with Crippen LogP contribution in [0.3, 0.4) is 0 Å². The van der Waals surface area contributed by atoms with Crippen LogP contribution in [-0.4, -0.2) is 66.2 Å². The molecule has 2 heterocycles. The van der Waals surface area contributed by atoms with Crippen LogP contribution in [0.4, 0.5) is 11.8 Å². The van der Waals surface area contributed by atoms with E-state index in [-0.39, 0.29) is 12.2 Å². The van der Waals surface area contributed by atoms with Gasteiger partial charge in [0.15, 0.2) is 0 Å².